The fourth-order valence-corrected chi connectivity index (χ4v) is 5.97. The molecule has 2 aliphatic rings. The van der Waals surface area contributed by atoms with Crippen LogP contribution in [0.3, 0.4) is 0 Å². The molecule has 1 aromatic carbocycles. The smallest absolute Gasteiger partial charge is 0.243 e. The fourth-order valence-electron chi connectivity index (χ4n) is 4.61. The molecule has 2 saturated carbocycles. The Hall–Kier alpha value is -1.90. The molecule has 7 nitrogen and oxygen atoms in total. The standard InChI is InChI=1S/C20H28N2O5S/c23-16-9-11-17(12-10-16)28(26,27)22-20-15-8-7-14(13-15)18(20)5-3-1-2-4-6-19(24)21-25/h1,3,9-12,14-15,18,20,22-23,25H,2,4-8,13H2,(H,21,24)/b3-1-/t14-,15+,18+,20+/m1/s1. The predicted molar refractivity (Wildman–Crippen MR) is 104 cm³/mol. The first-order valence-electron chi connectivity index (χ1n) is 9.80. The van der Waals surface area contributed by atoms with Gasteiger partial charge in [-0.2, -0.15) is 0 Å². The van der Waals surface area contributed by atoms with Crippen molar-refractivity contribution in [2.75, 3.05) is 0 Å². The van der Waals surface area contributed by atoms with Gasteiger partial charge >= 0.3 is 0 Å². The van der Waals surface area contributed by atoms with E-state index in [1.165, 1.54) is 24.3 Å². The Bertz CT molecular complexity index is 806. The van der Waals surface area contributed by atoms with Crippen LogP contribution in [0.4, 0.5) is 0 Å². The summed E-state index contributed by atoms with van der Waals surface area (Å²) in [5, 5.41) is 17.9. The molecule has 0 spiro atoms. The van der Waals surface area contributed by atoms with Crippen LogP contribution in [-0.2, 0) is 14.8 Å². The topological polar surface area (TPSA) is 116 Å². The number of fused-ring (bicyclic) bond motifs is 2. The number of phenolic OH excluding ortho intramolecular Hbond substituents is 1. The van der Waals surface area contributed by atoms with Gasteiger partial charge in [0.05, 0.1) is 4.90 Å². The maximum atomic E-state index is 12.8. The Morgan fingerprint density at radius 3 is 2.57 bits per heavy atom. The second-order valence-corrected chi connectivity index (χ2v) is 9.49. The number of phenols is 1. The highest BCUT2D eigenvalue weighted by atomic mass is 32.2. The zero-order chi connectivity index (χ0) is 20.1. The summed E-state index contributed by atoms with van der Waals surface area (Å²) in [4.78, 5) is 11.2. The minimum atomic E-state index is -3.62. The maximum absolute atomic E-state index is 12.8. The van der Waals surface area contributed by atoms with Crippen molar-refractivity contribution in [2.45, 2.75) is 55.9 Å². The Balaban J connectivity index is 1.58. The number of rotatable bonds is 9. The molecule has 2 fully saturated rings. The van der Waals surface area contributed by atoms with Gasteiger partial charge in [0.1, 0.15) is 5.75 Å². The van der Waals surface area contributed by atoms with Crippen molar-refractivity contribution < 1.29 is 23.5 Å². The van der Waals surface area contributed by atoms with Crippen LogP contribution < -0.4 is 10.2 Å². The van der Waals surface area contributed by atoms with Crippen LogP contribution in [-0.4, -0.2) is 30.7 Å². The number of amides is 1. The molecule has 2 bridgehead atoms. The Kier molecular flexibility index (Phi) is 6.74. The van der Waals surface area contributed by atoms with Crippen molar-refractivity contribution in [1.29, 1.82) is 0 Å². The number of sulfonamides is 1. The minimum Gasteiger partial charge on any atom is -0.508 e. The highest BCUT2D eigenvalue weighted by molar-refractivity contribution is 7.89. The Morgan fingerprint density at radius 1 is 1.14 bits per heavy atom. The van der Waals surface area contributed by atoms with Gasteiger partial charge < -0.3 is 5.11 Å². The summed E-state index contributed by atoms with van der Waals surface area (Å²) in [5.74, 6) is 0.858. The fraction of sp³-hybridized carbons (Fsp3) is 0.550. The van der Waals surface area contributed by atoms with Crippen LogP contribution in [0.25, 0.3) is 0 Å². The molecule has 1 aromatic rings. The highest BCUT2D eigenvalue weighted by Crippen LogP contribution is 2.50. The lowest BCUT2D eigenvalue weighted by molar-refractivity contribution is -0.129. The number of hydroxylamine groups is 1. The summed E-state index contributed by atoms with van der Waals surface area (Å²) >= 11 is 0. The number of unbranched alkanes of at least 4 members (excludes halogenated alkanes) is 1. The molecular formula is C20H28N2O5S. The van der Waals surface area contributed by atoms with Gasteiger partial charge in [-0.15, -0.1) is 0 Å². The van der Waals surface area contributed by atoms with Gasteiger partial charge in [0, 0.05) is 12.5 Å². The third-order valence-electron chi connectivity index (χ3n) is 6.00. The van der Waals surface area contributed by atoms with Gasteiger partial charge in [0.15, 0.2) is 0 Å². The van der Waals surface area contributed by atoms with E-state index in [0.29, 0.717) is 18.3 Å². The SMILES string of the molecule is O=C(CCC/C=C\C[C@H]1[C@@H]2CC[C@@H](C2)[C@@H]1NS(=O)(=O)c1ccc(O)cc1)NO. The third kappa shape index (κ3) is 4.92. The average molecular weight is 409 g/mol. The van der Waals surface area contributed by atoms with Crippen molar-refractivity contribution in [3.8, 4) is 5.75 Å². The van der Waals surface area contributed by atoms with Crippen LogP contribution in [0.1, 0.15) is 44.9 Å². The predicted octanol–water partition coefficient (Wildman–Crippen LogP) is 2.71. The van der Waals surface area contributed by atoms with Crippen LogP contribution in [0.2, 0.25) is 0 Å². The first kappa shape index (κ1) is 20.8. The second-order valence-electron chi connectivity index (χ2n) is 7.77. The lowest BCUT2D eigenvalue weighted by Crippen LogP contribution is -2.43. The van der Waals surface area contributed by atoms with Crippen molar-refractivity contribution >= 4 is 15.9 Å². The number of benzene rings is 1. The number of hydrogen-bond donors (Lipinski definition) is 4. The molecular weight excluding hydrogens is 380 g/mol. The summed E-state index contributed by atoms with van der Waals surface area (Å²) < 4.78 is 28.4. The van der Waals surface area contributed by atoms with E-state index in [9.17, 15) is 18.3 Å². The minimum absolute atomic E-state index is 0.0401. The van der Waals surface area contributed by atoms with Gasteiger partial charge in [-0.3, -0.25) is 10.0 Å². The number of aromatic hydroxyl groups is 1. The number of allylic oxidation sites excluding steroid dienone is 2. The van der Waals surface area contributed by atoms with Gasteiger partial charge in [0.2, 0.25) is 15.9 Å². The quantitative estimate of drug-likeness (QED) is 0.217. The molecule has 0 heterocycles. The van der Waals surface area contributed by atoms with E-state index in [1.54, 1.807) is 5.48 Å². The molecule has 2 aliphatic carbocycles. The number of hydrogen-bond acceptors (Lipinski definition) is 5. The molecule has 3 rings (SSSR count). The van der Waals surface area contributed by atoms with Crippen molar-refractivity contribution in [1.82, 2.24) is 10.2 Å². The number of carbonyl (C=O) groups excluding carboxylic acids is 1. The molecule has 0 aliphatic heterocycles. The lowest BCUT2D eigenvalue weighted by atomic mass is 9.83. The molecule has 0 unspecified atom stereocenters. The van der Waals surface area contributed by atoms with E-state index < -0.39 is 10.0 Å². The first-order chi connectivity index (χ1) is 13.4. The zero-order valence-electron chi connectivity index (χ0n) is 15.8. The largest absolute Gasteiger partial charge is 0.508 e. The first-order valence-corrected chi connectivity index (χ1v) is 11.3. The van der Waals surface area contributed by atoms with Crippen molar-refractivity contribution in [3.63, 3.8) is 0 Å². The normalized spacial score (nSPS) is 26.8. The van der Waals surface area contributed by atoms with Gasteiger partial charge in [-0.05, 0) is 80.5 Å². The van der Waals surface area contributed by atoms with E-state index in [4.69, 9.17) is 5.21 Å². The summed E-state index contributed by atoms with van der Waals surface area (Å²) in [6, 6.07) is 5.53. The van der Waals surface area contributed by atoms with Crippen LogP contribution in [0.15, 0.2) is 41.3 Å². The number of nitrogens with one attached hydrogen (secondary N) is 2. The molecule has 0 radical (unpaired) electrons. The third-order valence-corrected chi connectivity index (χ3v) is 7.48. The molecule has 1 amide bonds. The molecule has 8 heteroatoms. The molecule has 0 saturated heterocycles. The molecule has 0 aromatic heterocycles. The van der Waals surface area contributed by atoms with Gasteiger partial charge in [-0.25, -0.2) is 18.6 Å². The second kappa shape index (κ2) is 9.07. The summed E-state index contributed by atoms with van der Waals surface area (Å²) in [6.45, 7) is 0. The molecule has 4 N–H and O–H groups in total. The van der Waals surface area contributed by atoms with Crippen LogP contribution in [0, 0.1) is 17.8 Å². The summed E-state index contributed by atoms with van der Waals surface area (Å²) in [5.41, 5.74) is 1.62. The van der Waals surface area contributed by atoms with Crippen LogP contribution in [0.5, 0.6) is 5.75 Å². The average Bonchev–Trinajstić information content (AvgIpc) is 3.26. The van der Waals surface area contributed by atoms with E-state index in [-0.39, 0.29) is 34.9 Å². The maximum Gasteiger partial charge on any atom is 0.243 e. The van der Waals surface area contributed by atoms with E-state index in [2.05, 4.69) is 10.8 Å². The van der Waals surface area contributed by atoms with Gasteiger partial charge in [0.25, 0.3) is 0 Å². The zero-order valence-corrected chi connectivity index (χ0v) is 16.6. The Labute approximate surface area is 165 Å². The van der Waals surface area contributed by atoms with E-state index >= 15 is 0 Å². The molecule has 4 atom stereocenters. The van der Waals surface area contributed by atoms with Crippen molar-refractivity contribution in [3.05, 3.63) is 36.4 Å². The monoisotopic (exact) mass is 408 g/mol. The summed E-state index contributed by atoms with van der Waals surface area (Å²) in [6.07, 6.45) is 9.90. The van der Waals surface area contributed by atoms with E-state index in [0.717, 1.165) is 32.1 Å². The van der Waals surface area contributed by atoms with E-state index in [1.807, 2.05) is 6.08 Å². The number of carbonyl (C=O) groups is 1. The van der Waals surface area contributed by atoms with Crippen LogP contribution >= 0.6 is 0 Å². The highest BCUT2D eigenvalue weighted by Gasteiger charge is 2.48. The Morgan fingerprint density at radius 2 is 1.86 bits per heavy atom. The van der Waals surface area contributed by atoms with Crippen molar-refractivity contribution in [2.24, 2.45) is 17.8 Å². The summed E-state index contributed by atoms with van der Waals surface area (Å²) in [7, 11) is -3.62. The van der Waals surface area contributed by atoms with Gasteiger partial charge in [-0.1, -0.05) is 12.2 Å². The molecule has 28 heavy (non-hydrogen) atoms. The lowest BCUT2D eigenvalue weighted by Gasteiger charge is -2.31. The molecule has 154 valence electrons.